The smallest absolute Gasteiger partial charge is 0.341 e. The molecular formula is C14H20N2O3S. The van der Waals surface area contributed by atoms with Crippen LogP contribution >= 0.6 is 11.8 Å². The van der Waals surface area contributed by atoms with E-state index >= 15 is 0 Å². The van der Waals surface area contributed by atoms with Crippen molar-refractivity contribution in [2.45, 2.75) is 32.8 Å². The van der Waals surface area contributed by atoms with Crippen LogP contribution in [0, 0.1) is 0 Å². The molecule has 0 spiro atoms. The highest BCUT2D eigenvalue weighted by Crippen LogP contribution is 2.26. The van der Waals surface area contributed by atoms with Crippen molar-refractivity contribution in [2.75, 3.05) is 24.7 Å². The Morgan fingerprint density at radius 3 is 3.00 bits per heavy atom. The molecule has 1 atom stereocenters. The largest absolute Gasteiger partial charge is 0.462 e. The highest BCUT2D eigenvalue weighted by molar-refractivity contribution is 7.99. The van der Waals surface area contributed by atoms with Gasteiger partial charge in [0.05, 0.1) is 24.5 Å². The number of carbonyl (C=O) groups excluding carboxylic acids is 1. The molecule has 1 fully saturated rings. The van der Waals surface area contributed by atoms with Gasteiger partial charge in [0.2, 0.25) is 0 Å². The summed E-state index contributed by atoms with van der Waals surface area (Å²) in [6, 6.07) is 0. The molecule has 0 aromatic carbocycles. The van der Waals surface area contributed by atoms with Gasteiger partial charge in [-0.25, -0.2) is 14.8 Å². The van der Waals surface area contributed by atoms with Crippen molar-refractivity contribution in [1.82, 2.24) is 9.97 Å². The highest BCUT2D eigenvalue weighted by atomic mass is 32.2. The van der Waals surface area contributed by atoms with Crippen LogP contribution in [0.1, 0.15) is 54.7 Å². The van der Waals surface area contributed by atoms with Crippen LogP contribution in [0.2, 0.25) is 0 Å². The van der Waals surface area contributed by atoms with Crippen LogP contribution in [0.25, 0.3) is 0 Å². The van der Waals surface area contributed by atoms with E-state index in [1.807, 2.05) is 25.6 Å². The van der Waals surface area contributed by atoms with E-state index in [0.717, 1.165) is 23.8 Å². The summed E-state index contributed by atoms with van der Waals surface area (Å²) in [6.07, 6.45) is 1.49. The van der Waals surface area contributed by atoms with E-state index in [2.05, 4.69) is 9.97 Å². The molecule has 20 heavy (non-hydrogen) atoms. The van der Waals surface area contributed by atoms with Gasteiger partial charge in [-0.05, 0) is 12.8 Å². The number of carbonyl (C=O) groups is 1. The Bertz CT molecular complexity index is 473. The zero-order valence-electron chi connectivity index (χ0n) is 12.1. The van der Waals surface area contributed by atoms with E-state index in [4.69, 9.17) is 9.47 Å². The molecule has 0 radical (unpaired) electrons. The third-order valence-corrected chi connectivity index (χ3v) is 3.98. The number of rotatable bonds is 4. The summed E-state index contributed by atoms with van der Waals surface area (Å²) < 4.78 is 10.7. The normalized spacial score (nSPS) is 19.1. The number of aromatic nitrogens is 2. The van der Waals surface area contributed by atoms with Crippen LogP contribution in [0.4, 0.5) is 0 Å². The molecule has 1 unspecified atom stereocenters. The molecular weight excluding hydrogens is 276 g/mol. The zero-order chi connectivity index (χ0) is 14.5. The average Bonchev–Trinajstić information content (AvgIpc) is 2.47. The first-order chi connectivity index (χ1) is 9.63. The summed E-state index contributed by atoms with van der Waals surface area (Å²) in [7, 11) is 0. The maximum absolute atomic E-state index is 11.9. The maximum atomic E-state index is 11.9. The predicted molar refractivity (Wildman–Crippen MR) is 78.1 cm³/mol. The van der Waals surface area contributed by atoms with Gasteiger partial charge in [-0.15, -0.1) is 0 Å². The van der Waals surface area contributed by atoms with Crippen molar-refractivity contribution in [3.63, 3.8) is 0 Å². The molecule has 0 aliphatic carbocycles. The number of esters is 1. The van der Waals surface area contributed by atoms with Crippen LogP contribution in [-0.4, -0.2) is 40.7 Å². The van der Waals surface area contributed by atoms with Crippen molar-refractivity contribution in [2.24, 2.45) is 0 Å². The van der Waals surface area contributed by atoms with Crippen LogP contribution in [-0.2, 0) is 9.47 Å². The molecule has 0 N–H and O–H groups in total. The number of ether oxygens (including phenoxy) is 2. The van der Waals surface area contributed by atoms with Crippen LogP contribution in [0.3, 0.4) is 0 Å². The quantitative estimate of drug-likeness (QED) is 0.796. The molecule has 2 rings (SSSR count). The van der Waals surface area contributed by atoms with Crippen molar-refractivity contribution in [3.05, 3.63) is 23.3 Å². The topological polar surface area (TPSA) is 61.3 Å². The lowest BCUT2D eigenvalue weighted by atomic mass is 10.0. The van der Waals surface area contributed by atoms with Gasteiger partial charge in [-0.1, -0.05) is 13.8 Å². The van der Waals surface area contributed by atoms with Crippen LogP contribution in [0.5, 0.6) is 0 Å². The molecule has 0 saturated carbocycles. The van der Waals surface area contributed by atoms with Crippen LogP contribution in [0.15, 0.2) is 6.20 Å². The Morgan fingerprint density at radius 1 is 1.60 bits per heavy atom. The Hall–Kier alpha value is -1.14. The zero-order valence-corrected chi connectivity index (χ0v) is 12.9. The number of hydrogen-bond acceptors (Lipinski definition) is 6. The summed E-state index contributed by atoms with van der Waals surface area (Å²) in [4.78, 5) is 20.8. The fraction of sp³-hybridized carbons (Fsp3) is 0.643. The fourth-order valence-electron chi connectivity index (χ4n) is 2.01. The van der Waals surface area contributed by atoms with Gasteiger partial charge in [0.1, 0.15) is 6.10 Å². The number of thioether (sulfide) groups is 1. The van der Waals surface area contributed by atoms with Gasteiger partial charge in [-0.3, -0.25) is 0 Å². The fourth-order valence-corrected chi connectivity index (χ4v) is 2.85. The van der Waals surface area contributed by atoms with Crippen molar-refractivity contribution in [1.29, 1.82) is 0 Å². The van der Waals surface area contributed by atoms with E-state index in [-0.39, 0.29) is 18.0 Å². The summed E-state index contributed by atoms with van der Waals surface area (Å²) >= 11 is 1.83. The third kappa shape index (κ3) is 3.49. The molecule has 5 nitrogen and oxygen atoms in total. The second-order valence-electron chi connectivity index (χ2n) is 4.84. The molecule has 1 saturated heterocycles. The maximum Gasteiger partial charge on any atom is 0.341 e. The SMILES string of the molecule is CCOC(=O)c1cnc(C2CSCCO2)nc1C(C)C. The highest BCUT2D eigenvalue weighted by Gasteiger charge is 2.23. The molecule has 1 aliphatic rings. The van der Waals surface area contributed by atoms with E-state index in [9.17, 15) is 4.79 Å². The molecule has 0 bridgehead atoms. The number of nitrogens with zero attached hydrogens (tertiary/aromatic N) is 2. The molecule has 0 amide bonds. The lowest BCUT2D eigenvalue weighted by Crippen LogP contribution is -2.20. The standard InChI is InChI=1S/C14H20N2O3S/c1-4-18-14(17)10-7-15-13(16-12(10)9(2)3)11-8-20-6-5-19-11/h7,9,11H,4-6,8H2,1-3H3. The van der Waals surface area contributed by atoms with Gasteiger partial charge < -0.3 is 9.47 Å². The molecule has 110 valence electrons. The van der Waals surface area contributed by atoms with Crippen molar-refractivity contribution >= 4 is 17.7 Å². The molecule has 2 heterocycles. The Morgan fingerprint density at radius 2 is 2.40 bits per heavy atom. The van der Waals surface area contributed by atoms with Gasteiger partial charge in [0.25, 0.3) is 0 Å². The predicted octanol–water partition coefficient (Wildman–Crippen LogP) is 2.58. The van der Waals surface area contributed by atoms with Gasteiger partial charge in [0.15, 0.2) is 5.82 Å². The minimum Gasteiger partial charge on any atom is -0.462 e. The van der Waals surface area contributed by atoms with Crippen molar-refractivity contribution < 1.29 is 14.3 Å². The summed E-state index contributed by atoms with van der Waals surface area (Å²) in [5, 5.41) is 0. The Balaban J connectivity index is 2.29. The Labute approximate surface area is 123 Å². The van der Waals surface area contributed by atoms with Gasteiger partial charge in [0, 0.05) is 17.7 Å². The van der Waals surface area contributed by atoms with Crippen molar-refractivity contribution in [3.8, 4) is 0 Å². The molecule has 1 aliphatic heterocycles. The van der Waals surface area contributed by atoms with Crippen LogP contribution < -0.4 is 0 Å². The lowest BCUT2D eigenvalue weighted by molar-refractivity contribution is 0.0520. The van der Waals surface area contributed by atoms with Gasteiger partial charge in [-0.2, -0.15) is 11.8 Å². The first-order valence-electron chi connectivity index (χ1n) is 6.86. The van der Waals surface area contributed by atoms with E-state index in [1.54, 1.807) is 13.1 Å². The third-order valence-electron chi connectivity index (χ3n) is 2.98. The minimum absolute atomic E-state index is 0.0810. The summed E-state index contributed by atoms with van der Waals surface area (Å²) in [5.74, 6) is 2.30. The van der Waals surface area contributed by atoms with E-state index in [0.29, 0.717) is 18.0 Å². The van der Waals surface area contributed by atoms with E-state index < -0.39 is 0 Å². The molecule has 6 heteroatoms. The first-order valence-corrected chi connectivity index (χ1v) is 8.02. The number of hydrogen-bond donors (Lipinski definition) is 0. The first kappa shape index (κ1) is 15.3. The second-order valence-corrected chi connectivity index (χ2v) is 5.99. The lowest BCUT2D eigenvalue weighted by Gasteiger charge is -2.22. The average molecular weight is 296 g/mol. The summed E-state index contributed by atoms with van der Waals surface area (Å²) in [5.41, 5.74) is 1.18. The summed E-state index contributed by atoms with van der Waals surface area (Å²) in [6.45, 7) is 6.86. The van der Waals surface area contributed by atoms with E-state index in [1.165, 1.54) is 0 Å². The molecule has 1 aromatic heterocycles. The minimum atomic E-state index is -0.360. The van der Waals surface area contributed by atoms with Gasteiger partial charge >= 0.3 is 5.97 Å². The second kappa shape index (κ2) is 7.04. The Kier molecular flexibility index (Phi) is 5.37. The molecule has 1 aromatic rings. The monoisotopic (exact) mass is 296 g/mol.